The van der Waals surface area contributed by atoms with Crippen LogP contribution in [0.15, 0.2) is 41.3 Å². The molecule has 114 valence electrons. The minimum Gasteiger partial charge on any atom is -0.463 e. The predicted molar refractivity (Wildman–Crippen MR) is 84.1 cm³/mol. The van der Waals surface area contributed by atoms with E-state index in [0.29, 0.717) is 30.3 Å². The van der Waals surface area contributed by atoms with Crippen molar-refractivity contribution in [2.24, 2.45) is 0 Å². The zero-order valence-electron chi connectivity index (χ0n) is 12.5. The van der Waals surface area contributed by atoms with Crippen LogP contribution in [0.2, 0.25) is 0 Å². The van der Waals surface area contributed by atoms with Crippen LogP contribution in [0, 0.1) is 0 Å². The normalized spacial score (nSPS) is 11.0. The van der Waals surface area contributed by atoms with Gasteiger partial charge in [0.15, 0.2) is 5.65 Å². The van der Waals surface area contributed by atoms with Crippen molar-refractivity contribution < 1.29 is 4.74 Å². The maximum atomic E-state index is 12.1. The van der Waals surface area contributed by atoms with E-state index in [1.54, 1.807) is 10.8 Å². The highest BCUT2D eigenvalue weighted by atomic mass is 16.5. The van der Waals surface area contributed by atoms with E-state index in [-0.39, 0.29) is 5.69 Å². The molecule has 0 saturated carbocycles. The minimum atomic E-state index is -0.195. The number of nitrogens with one attached hydrogen (secondary N) is 1. The summed E-state index contributed by atoms with van der Waals surface area (Å²) in [5.74, 6) is 0. The average molecular weight is 298 g/mol. The third-order valence-corrected chi connectivity index (χ3v) is 3.40. The summed E-state index contributed by atoms with van der Waals surface area (Å²) in [6.45, 7) is 3.14. The number of aromatic amines is 1. The van der Waals surface area contributed by atoms with Gasteiger partial charge in [-0.05, 0) is 12.0 Å². The molecule has 0 fully saturated rings. The van der Waals surface area contributed by atoms with E-state index >= 15 is 0 Å². The van der Waals surface area contributed by atoms with Gasteiger partial charge in [-0.3, -0.25) is 4.57 Å². The minimum absolute atomic E-state index is 0.195. The monoisotopic (exact) mass is 298 g/mol. The van der Waals surface area contributed by atoms with Gasteiger partial charge in [-0.1, -0.05) is 43.7 Å². The summed E-state index contributed by atoms with van der Waals surface area (Å²) in [7, 11) is 0. The molecule has 1 N–H and O–H groups in total. The van der Waals surface area contributed by atoms with Crippen molar-refractivity contribution >= 4 is 11.2 Å². The molecule has 0 atom stereocenters. The number of aromatic nitrogens is 4. The number of H-pyrrole nitrogens is 1. The second kappa shape index (κ2) is 6.43. The molecule has 22 heavy (non-hydrogen) atoms. The molecule has 2 heterocycles. The Morgan fingerprint density at radius 2 is 2.09 bits per heavy atom. The Balaban J connectivity index is 1.93. The predicted octanol–water partition coefficient (Wildman–Crippen LogP) is 2.35. The van der Waals surface area contributed by atoms with Gasteiger partial charge in [-0.2, -0.15) is 4.98 Å². The van der Waals surface area contributed by atoms with E-state index in [4.69, 9.17) is 4.74 Å². The highest BCUT2D eigenvalue weighted by molar-refractivity contribution is 5.69. The van der Waals surface area contributed by atoms with Crippen LogP contribution in [-0.2, 0) is 6.54 Å². The molecular weight excluding hydrogens is 280 g/mol. The largest absolute Gasteiger partial charge is 0.463 e. The van der Waals surface area contributed by atoms with Crippen molar-refractivity contribution in [1.29, 1.82) is 0 Å². The van der Waals surface area contributed by atoms with Gasteiger partial charge in [0.05, 0.1) is 19.3 Å². The number of imidazole rings is 1. The fourth-order valence-electron chi connectivity index (χ4n) is 2.22. The van der Waals surface area contributed by atoms with Crippen molar-refractivity contribution in [3.8, 4) is 6.01 Å². The molecule has 6 heteroatoms. The molecule has 0 aliphatic carbocycles. The first kappa shape index (κ1) is 14.3. The Morgan fingerprint density at radius 3 is 2.86 bits per heavy atom. The lowest BCUT2D eigenvalue weighted by atomic mass is 10.2. The van der Waals surface area contributed by atoms with Gasteiger partial charge in [0.1, 0.15) is 5.52 Å². The second-order valence-electron chi connectivity index (χ2n) is 5.09. The number of ether oxygens (including phenoxy) is 1. The molecule has 3 aromatic rings. The Kier molecular flexibility index (Phi) is 4.18. The number of nitrogens with zero attached hydrogens (tertiary/aromatic N) is 3. The highest BCUT2D eigenvalue weighted by Crippen LogP contribution is 2.12. The maximum Gasteiger partial charge on any atom is 0.328 e. The van der Waals surface area contributed by atoms with E-state index < -0.39 is 0 Å². The first-order chi connectivity index (χ1) is 10.8. The number of fused-ring (bicyclic) bond motifs is 1. The summed E-state index contributed by atoms with van der Waals surface area (Å²) in [4.78, 5) is 23.4. The van der Waals surface area contributed by atoms with Gasteiger partial charge in [-0.25, -0.2) is 9.78 Å². The van der Waals surface area contributed by atoms with Crippen LogP contribution < -0.4 is 10.4 Å². The number of unbranched alkanes of at least 4 members (excludes halogenated alkanes) is 1. The zero-order valence-corrected chi connectivity index (χ0v) is 12.5. The molecular formula is C16H18N4O2. The summed E-state index contributed by atoms with van der Waals surface area (Å²) < 4.78 is 7.11. The fraction of sp³-hybridized carbons (Fsp3) is 0.312. The van der Waals surface area contributed by atoms with Gasteiger partial charge in [0.2, 0.25) is 0 Å². The Bertz CT molecular complexity index is 808. The van der Waals surface area contributed by atoms with Crippen molar-refractivity contribution in [3.05, 3.63) is 52.6 Å². The zero-order chi connectivity index (χ0) is 15.4. The number of rotatable bonds is 6. The van der Waals surface area contributed by atoms with Crippen LogP contribution in [0.1, 0.15) is 25.3 Å². The average Bonchev–Trinajstić information content (AvgIpc) is 2.84. The molecule has 0 saturated heterocycles. The quantitative estimate of drug-likeness (QED) is 0.709. The molecule has 0 aliphatic heterocycles. The van der Waals surface area contributed by atoms with E-state index in [9.17, 15) is 4.79 Å². The van der Waals surface area contributed by atoms with Crippen LogP contribution in [0.4, 0.5) is 0 Å². The van der Waals surface area contributed by atoms with E-state index in [1.165, 1.54) is 0 Å². The lowest BCUT2D eigenvalue weighted by Crippen LogP contribution is -2.17. The summed E-state index contributed by atoms with van der Waals surface area (Å²) >= 11 is 0. The molecule has 0 amide bonds. The van der Waals surface area contributed by atoms with Crippen molar-refractivity contribution in [1.82, 2.24) is 19.5 Å². The number of benzene rings is 1. The molecule has 0 spiro atoms. The molecule has 0 aliphatic rings. The smallest absolute Gasteiger partial charge is 0.328 e. The van der Waals surface area contributed by atoms with Gasteiger partial charge in [0, 0.05) is 0 Å². The third-order valence-electron chi connectivity index (χ3n) is 3.40. The van der Waals surface area contributed by atoms with Crippen molar-refractivity contribution in [2.45, 2.75) is 26.3 Å². The lowest BCUT2D eigenvalue weighted by Gasteiger charge is -2.05. The van der Waals surface area contributed by atoms with Crippen LogP contribution in [0.25, 0.3) is 11.2 Å². The van der Waals surface area contributed by atoms with Crippen LogP contribution >= 0.6 is 0 Å². The maximum absolute atomic E-state index is 12.1. The van der Waals surface area contributed by atoms with Crippen LogP contribution in [-0.4, -0.2) is 26.1 Å². The first-order valence-corrected chi connectivity index (χ1v) is 7.40. The Hall–Kier alpha value is -2.63. The summed E-state index contributed by atoms with van der Waals surface area (Å²) in [5, 5.41) is 0. The van der Waals surface area contributed by atoms with Crippen molar-refractivity contribution in [2.75, 3.05) is 6.61 Å². The van der Waals surface area contributed by atoms with Crippen LogP contribution in [0.3, 0.4) is 0 Å². The topological polar surface area (TPSA) is 72.8 Å². The summed E-state index contributed by atoms with van der Waals surface area (Å²) in [6, 6.07) is 10.1. The first-order valence-electron chi connectivity index (χ1n) is 7.40. The standard InChI is InChI=1S/C16H18N4O2/c1-2-3-9-22-15-17-10-13-14(19-15)20(16(21)18-13)11-12-7-5-4-6-8-12/h4-8,10H,2-3,9,11H2,1H3,(H,18,21). The molecule has 3 rings (SSSR count). The van der Waals surface area contributed by atoms with E-state index in [1.807, 2.05) is 30.3 Å². The lowest BCUT2D eigenvalue weighted by molar-refractivity contribution is 0.286. The molecule has 1 aromatic carbocycles. The molecule has 0 unspecified atom stereocenters. The second-order valence-corrected chi connectivity index (χ2v) is 5.09. The fourth-order valence-corrected chi connectivity index (χ4v) is 2.22. The van der Waals surface area contributed by atoms with E-state index in [0.717, 1.165) is 18.4 Å². The van der Waals surface area contributed by atoms with Gasteiger partial charge < -0.3 is 9.72 Å². The van der Waals surface area contributed by atoms with Gasteiger partial charge in [0.25, 0.3) is 0 Å². The Labute approximate surface area is 127 Å². The van der Waals surface area contributed by atoms with Crippen molar-refractivity contribution in [3.63, 3.8) is 0 Å². The summed E-state index contributed by atoms with van der Waals surface area (Å²) in [6.07, 6.45) is 3.59. The number of hydrogen-bond acceptors (Lipinski definition) is 4. The Morgan fingerprint density at radius 1 is 1.27 bits per heavy atom. The molecule has 0 bridgehead atoms. The molecule has 0 radical (unpaired) electrons. The van der Waals surface area contributed by atoms with Gasteiger partial charge in [-0.15, -0.1) is 0 Å². The van der Waals surface area contributed by atoms with Crippen LogP contribution in [0.5, 0.6) is 6.01 Å². The summed E-state index contributed by atoms with van der Waals surface area (Å²) in [5.41, 5.74) is 2.02. The highest BCUT2D eigenvalue weighted by Gasteiger charge is 2.11. The molecule has 2 aromatic heterocycles. The van der Waals surface area contributed by atoms with Gasteiger partial charge >= 0.3 is 11.7 Å². The number of hydrogen-bond donors (Lipinski definition) is 1. The SMILES string of the molecule is CCCCOc1ncc2[nH]c(=O)n(Cc3ccccc3)c2n1. The third kappa shape index (κ3) is 3.00. The molecule has 6 nitrogen and oxygen atoms in total. The van der Waals surface area contributed by atoms with E-state index in [2.05, 4.69) is 21.9 Å².